The van der Waals surface area contributed by atoms with Gasteiger partial charge in [-0.25, -0.2) is 0 Å². The van der Waals surface area contributed by atoms with Gasteiger partial charge in [-0.15, -0.1) is 0 Å². The van der Waals surface area contributed by atoms with E-state index in [2.05, 4.69) is 15.9 Å². The molecule has 2 aliphatic carbocycles. The van der Waals surface area contributed by atoms with Gasteiger partial charge >= 0.3 is 6.18 Å². The first kappa shape index (κ1) is 17.1. The lowest BCUT2D eigenvalue weighted by atomic mass is 9.80. The lowest BCUT2D eigenvalue weighted by Crippen LogP contribution is -2.45. The summed E-state index contributed by atoms with van der Waals surface area (Å²) < 4.78 is 38.7. The van der Waals surface area contributed by atoms with Crippen LogP contribution in [0.25, 0.3) is 0 Å². The van der Waals surface area contributed by atoms with Crippen molar-refractivity contribution in [3.05, 3.63) is 0 Å². The Hall–Kier alpha value is -0.260. The maximum atomic E-state index is 12.9. The highest BCUT2D eigenvalue weighted by atomic mass is 79.9. The van der Waals surface area contributed by atoms with Gasteiger partial charge in [0.25, 0.3) is 0 Å². The van der Waals surface area contributed by atoms with Crippen molar-refractivity contribution in [1.82, 2.24) is 4.90 Å². The van der Waals surface area contributed by atoms with Crippen molar-refractivity contribution in [1.29, 1.82) is 0 Å². The highest BCUT2D eigenvalue weighted by molar-refractivity contribution is 9.09. The number of nitrogens with zero attached hydrogens (tertiary/aromatic N) is 1. The van der Waals surface area contributed by atoms with Gasteiger partial charge in [0.15, 0.2) is 0 Å². The molecule has 0 spiro atoms. The summed E-state index contributed by atoms with van der Waals surface area (Å²) in [6.45, 7) is 0.608. The Bertz CT molecular complexity index is 355. The van der Waals surface area contributed by atoms with Crippen molar-refractivity contribution in [3.8, 4) is 0 Å². The lowest BCUT2D eigenvalue weighted by molar-refractivity contribution is -0.187. The van der Waals surface area contributed by atoms with Crippen LogP contribution in [0.3, 0.4) is 0 Å². The molecule has 2 rings (SSSR count). The zero-order valence-corrected chi connectivity index (χ0v) is 13.8. The second-order valence-electron chi connectivity index (χ2n) is 6.26. The van der Waals surface area contributed by atoms with Gasteiger partial charge in [-0.2, -0.15) is 13.2 Å². The number of hydrogen-bond donors (Lipinski definition) is 0. The van der Waals surface area contributed by atoms with E-state index in [0.29, 0.717) is 24.7 Å². The fourth-order valence-corrected chi connectivity index (χ4v) is 4.11. The van der Waals surface area contributed by atoms with Crippen LogP contribution < -0.4 is 0 Å². The second-order valence-corrected chi connectivity index (χ2v) is 7.05. The highest BCUT2D eigenvalue weighted by Crippen LogP contribution is 2.41. The van der Waals surface area contributed by atoms with Gasteiger partial charge in [0.1, 0.15) is 0 Å². The quantitative estimate of drug-likeness (QED) is 0.667. The Morgan fingerprint density at radius 3 is 2.33 bits per heavy atom. The van der Waals surface area contributed by atoms with Gasteiger partial charge in [0.05, 0.1) is 5.92 Å². The van der Waals surface area contributed by atoms with Crippen molar-refractivity contribution >= 4 is 21.8 Å². The molecular formula is C15H23BrF3NO. The number of carbonyl (C=O) groups is 1. The molecule has 2 unspecified atom stereocenters. The molecule has 2 atom stereocenters. The fraction of sp³-hybridized carbons (Fsp3) is 0.933. The number of hydrogen-bond acceptors (Lipinski definition) is 1. The van der Waals surface area contributed by atoms with E-state index in [1.54, 1.807) is 0 Å². The van der Waals surface area contributed by atoms with Gasteiger partial charge in [0.2, 0.25) is 5.91 Å². The van der Waals surface area contributed by atoms with Crippen molar-refractivity contribution in [3.63, 3.8) is 0 Å². The minimum Gasteiger partial charge on any atom is -0.339 e. The average Bonchev–Trinajstić information content (AvgIpc) is 2.97. The monoisotopic (exact) mass is 369 g/mol. The maximum Gasteiger partial charge on any atom is 0.391 e. The first-order valence-corrected chi connectivity index (χ1v) is 8.98. The molecule has 2 fully saturated rings. The molecule has 122 valence electrons. The minimum atomic E-state index is -4.16. The Morgan fingerprint density at radius 1 is 1.10 bits per heavy atom. The summed E-state index contributed by atoms with van der Waals surface area (Å²) in [7, 11) is 0. The molecule has 2 nitrogen and oxygen atoms in total. The van der Waals surface area contributed by atoms with Crippen LogP contribution in [0.5, 0.6) is 0 Å². The van der Waals surface area contributed by atoms with Gasteiger partial charge < -0.3 is 4.90 Å². The standard InChI is InChI=1S/C15H23BrF3NO/c16-8-9-20(13-6-1-2-7-13)14(21)11-4-3-5-12(10-11)15(17,18)19/h11-13H,1-10H2. The van der Waals surface area contributed by atoms with E-state index in [9.17, 15) is 18.0 Å². The van der Waals surface area contributed by atoms with Crippen LogP contribution in [0.2, 0.25) is 0 Å². The predicted molar refractivity (Wildman–Crippen MR) is 79.3 cm³/mol. The third kappa shape index (κ3) is 4.36. The number of amides is 1. The van der Waals surface area contributed by atoms with E-state index in [1.165, 1.54) is 0 Å². The SMILES string of the molecule is O=C(C1CCCC(C(F)(F)F)C1)N(CCBr)C1CCCC1. The van der Waals surface area contributed by atoms with Crippen LogP contribution in [-0.2, 0) is 4.79 Å². The third-order valence-electron chi connectivity index (χ3n) is 4.86. The molecule has 21 heavy (non-hydrogen) atoms. The fourth-order valence-electron chi connectivity index (χ4n) is 3.73. The Balaban J connectivity index is 2.02. The summed E-state index contributed by atoms with van der Waals surface area (Å²) in [5.74, 6) is -1.78. The number of carbonyl (C=O) groups excluding carboxylic acids is 1. The molecule has 0 aromatic heterocycles. The summed E-state index contributed by atoms with van der Waals surface area (Å²) in [5.41, 5.74) is 0. The topological polar surface area (TPSA) is 20.3 Å². The molecular weight excluding hydrogens is 347 g/mol. The number of alkyl halides is 4. The smallest absolute Gasteiger partial charge is 0.339 e. The first-order chi connectivity index (χ1) is 9.93. The average molecular weight is 370 g/mol. The Morgan fingerprint density at radius 2 is 1.76 bits per heavy atom. The Kier molecular flexibility index (Phi) is 5.97. The molecule has 0 bridgehead atoms. The van der Waals surface area contributed by atoms with Crippen molar-refractivity contribution in [2.45, 2.75) is 63.6 Å². The van der Waals surface area contributed by atoms with E-state index in [1.807, 2.05) is 4.90 Å². The summed E-state index contributed by atoms with van der Waals surface area (Å²) in [4.78, 5) is 14.5. The summed E-state index contributed by atoms with van der Waals surface area (Å²) in [5, 5.41) is 0.685. The molecule has 0 saturated heterocycles. The zero-order chi connectivity index (χ0) is 15.5. The molecule has 2 saturated carbocycles. The molecule has 0 radical (unpaired) electrons. The molecule has 2 aliphatic rings. The predicted octanol–water partition coefficient (Wildman–Crippen LogP) is 4.52. The molecule has 0 aromatic rings. The maximum absolute atomic E-state index is 12.9. The molecule has 0 aliphatic heterocycles. The lowest BCUT2D eigenvalue weighted by Gasteiger charge is -2.36. The van der Waals surface area contributed by atoms with E-state index in [0.717, 1.165) is 25.7 Å². The van der Waals surface area contributed by atoms with Crippen LogP contribution in [0.15, 0.2) is 0 Å². The van der Waals surface area contributed by atoms with Gasteiger partial charge in [-0.3, -0.25) is 4.79 Å². The van der Waals surface area contributed by atoms with Gasteiger partial charge in [0, 0.05) is 23.8 Å². The zero-order valence-electron chi connectivity index (χ0n) is 12.2. The second kappa shape index (κ2) is 7.34. The van der Waals surface area contributed by atoms with Crippen LogP contribution >= 0.6 is 15.9 Å². The first-order valence-electron chi connectivity index (χ1n) is 7.86. The molecule has 6 heteroatoms. The number of halogens is 4. The van der Waals surface area contributed by atoms with Gasteiger partial charge in [-0.05, 0) is 32.1 Å². The Labute approximate surface area is 132 Å². The summed E-state index contributed by atoms with van der Waals surface area (Å²) >= 11 is 3.36. The van der Waals surface area contributed by atoms with Crippen LogP contribution in [0, 0.1) is 11.8 Å². The molecule has 0 heterocycles. The van der Waals surface area contributed by atoms with Gasteiger partial charge in [-0.1, -0.05) is 35.2 Å². The largest absolute Gasteiger partial charge is 0.391 e. The van der Waals surface area contributed by atoms with Crippen molar-refractivity contribution in [2.24, 2.45) is 11.8 Å². The molecule has 0 N–H and O–H groups in total. The van der Waals surface area contributed by atoms with Crippen molar-refractivity contribution in [2.75, 3.05) is 11.9 Å². The highest BCUT2D eigenvalue weighted by Gasteiger charge is 2.44. The van der Waals surface area contributed by atoms with E-state index in [4.69, 9.17) is 0 Å². The molecule has 0 aromatic carbocycles. The van der Waals surface area contributed by atoms with Crippen LogP contribution in [-0.4, -0.2) is 34.9 Å². The normalized spacial score (nSPS) is 27.8. The van der Waals surface area contributed by atoms with Crippen LogP contribution in [0.1, 0.15) is 51.4 Å². The van der Waals surface area contributed by atoms with E-state index >= 15 is 0 Å². The number of rotatable bonds is 4. The minimum absolute atomic E-state index is 0.0200. The molecule has 1 amide bonds. The van der Waals surface area contributed by atoms with Crippen molar-refractivity contribution < 1.29 is 18.0 Å². The summed E-state index contributed by atoms with van der Waals surface area (Å²) in [6.07, 6.45) is 1.33. The van der Waals surface area contributed by atoms with E-state index in [-0.39, 0.29) is 24.8 Å². The van der Waals surface area contributed by atoms with E-state index < -0.39 is 18.0 Å². The summed E-state index contributed by atoms with van der Waals surface area (Å²) in [6, 6.07) is 0.237. The third-order valence-corrected chi connectivity index (χ3v) is 5.21. The van der Waals surface area contributed by atoms with Crippen LogP contribution in [0.4, 0.5) is 13.2 Å².